The second-order valence-corrected chi connectivity index (χ2v) is 4.89. The first-order chi connectivity index (χ1) is 9.93. The fraction of sp³-hybridized carbons (Fsp3) is 0.467. The molecule has 21 heavy (non-hydrogen) atoms. The number of carboxylic acids is 1. The summed E-state index contributed by atoms with van der Waals surface area (Å²) in [5, 5.41) is 11.5. The monoisotopic (exact) mass is 296 g/mol. The van der Waals surface area contributed by atoms with Crippen LogP contribution >= 0.6 is 0 Å². The quantitative estimate of drug-likeness (QED) is 0.811. The number of hydrogen-bond acceptors (Lipinski definition) is 2. The molecule has 2 amide bonds. The molecule has 0 aromatic heterocycles. The third-order valence-corrected chi connectivity index (χ3v) is 3.27. The van der Waals surface area contributed by atoms with E-state index in [1.165, 1.54) is 17.0 Å². The lowest BCUT2D eigenvalue weighted by molar-refractivity contribution is -0.138. The second kappa shape index (κ2) is 8.24. The number of carboxylic acid groups (broad SMARTS) is 1. The topological polar surface area (TPSA) is 69.6 Å². The maximum atomic E-state index is 13.0. The largest absolute Gasteiger partial charge is 0.480 e. The normalized spacial score (nSPS) is 11.8. The molecule has 2 N–H and O–H groups in total. The molecule has 0 aliphatic heterocycles. The first-order valence-electron chi connectivity index (χ1n) is 6.94. The Labute approximate surface area is 123 Å². The zero-order valence-corrected chi connectivity index (χ0v) is 12.3. The van der Waals surface area contributed by atoms with Gasteiger partial charge in [0.05, 0.1) is 0 Å². The van der Waals surface area contributed by atoms with E-state index in [4.69, 9.17) is 5.11 Å². The molecule has 0 fully saturated rings. The van der Waals surface area contributed by atoms with Gasteiger partial charge in [-0.15, -0.1) is 0 Å². The Bertz CT molecular complexity index is 494. The van der Waals surface area contributed by atoms with Crippen LogP contribution in [0.25, 0.3) is 0 Å². The molecule has 0 saturated carbocycles. The minimum atomic E-state index is -1.05. The summed E-state index contributed by atoms with van der Waals surface area (Å²) >= 11 is 0. The number of halogens is 1. The van der Waals surface area contributed by atoms with Gasteiger partial charge in [0.1, 0.15) is 12.4 Å². The maximum absolute atomic E-state index is 13.0. The SMILES string of the molecule is CCC(C)N(CC(=O)O)C(=O)NCCc1cccc(F)c1. The van der Waals surface area contributed by atoms with Crippen molar-refractivity contribution in [1.29, 1.82) is 0 Å². The molecular weight excluding hydrogens is 275 g/mol. The number of aliphatic carboxylic acids is 1. The van der Waals surface area contributed by atoms with E-state index >= 15 is 0 Å². The lowest BCUT2D eigenvalue weighted by Gasteiger charge is -2.27. The van der Waals surface area contributed by atoms with E-state index in [2.05, 4.69) is 5.32 Å². The summed E-state index contributed by atoms with van der Waals surface area (Å²) in [6.07, 6.45) is 1.16. The molecular formula is C15H21FN2O3. The highest BCUT2D eigenvalue weighted by molar-refractivity contribution is 5.80. The Kier molecular flexibility index (Phi) is 6.65. The van der Waals surface area contributed by atoms with E-state index in [0.717, 1.165) is 5.56 Å². The molecule has 0 aliphatic carbocycles. The summed E-state index contributed by atoms with van der Waals surface area (Å²) in [5.41, 5.74) is 0.781. The van der Waals surface area contributed by atoms with Gasteiger partial charge in [0.15, 0.2) is 0 Å². The fourth-order valence-corrected chi connectivity index (χ4v) is 1.90. The van der Waals surface area contributed by atoms with Crippen LogP contribution in [0.3, 0.4) is 0 Å². The number of nitrogens with zero attached hydrogens (tertiary/aromatic N) is 1. The zero-order valence-electron chi connectivity index (χ0n) is 12.3. The molecule has 1 rings (SSSR count). The van der Waals surface area contributed by atoms with Crippen LogP contribution in [-0.4, -0.2) is 41.1 Å². The fourth-order valence-electron chi connectivity index (χ4n) is 1.90. The Morgan fingerprint density at radius 2 is 2.14 bits per heavy atom. The zero-order chi connectivity index (χ0) is 15.8. The lowest BCUT2D eigenvalue weighted by atomic mass is 10.1. The molecule has 6 heteroatoms. The average Bonchev–Trinajstić information content (AvgIpc) is 2.43. The molecule has 0 saturated heterocycles. The van der Waals surface area contributed by atoms with E-state index in [1.54, 1.807) is 19.1 Å². The number of carbonyl (C=O) groups is 2. The Hall–Kier alpha value is -2.11. The number of nitrogens with one attached hydrogen (secondary N) is 1. The minimum Gasteiger partial charge on any atom is -0.480 e. The van der Waals surface area contributed by atoms with Crippen LogP contribution in [0.1, 0.15) is 25.8 Å². The molecule has 1 aromatic rings. The summed E-state index contributed by atoms with van der Waals surface area (Å²) in [6, 6.07) is 5.59. The van der Waals surface area contributed by atoms with Crippen molar-refractivity contribution in [2.45, 2.75) is 32.7 Å². The Morgan fingerprint density at radius 1 is 1.43 bits per heavy atom. The van der Waals surface area contributed by atoms with Gasteiger partial charge in [-0.05, 0) is 37.5 Å². The Balaban J connectivity index is 2.51. The van der Waals surface area contributed by atoms with Gasteiger partial charge < -0.3 is 15.3 Å². The molecule has 0 heterocycles. The van der Waals surface area contributed by atoms with Crippen molar-refractivity contribution >= 4 is 12.0 Å². The van der Waals surface area contributed by atoms with Gasteiger partial charge in [-0.3, -0.25) is 4.79 Å². The number of rotatable bonds is 7. The summed E-state index contributed by atoms with van der Waals surface area (Å²) < 4.78 is 13.0. The predicted molar refractivity (Wildman–Crippen MR) is 77.6 cm³/mol. The van der Waals surface area contributed by atoms with Gasteiger partial charge in [0.2, 0.25) is 0 Å². The van der Waals surface area contributed by atoms with E-state index in [1.807, 2.05) is 6.92 Å². The van der Waals surface area contributed by atoms with Crippen molar-refractivity contribution in [3.05, 3.63) is 35.6 Å². The lowest BCUT2D eigenvalue weighted by Crippen LogP contribution is -2.47. The van der Waals surface area contributed by atoms with Crippen LogP contribution in [0, 0.1) is 5.82 Å². The number of hydrogen-bond donors (Lipinski definition) is 2. The van der Waals surface area contributed by atoms with Crippen molar-refractivity contribution in [2.24, 2.45) is 0 Å². The molecule has 0 radical (unpaired) electrons. The van der Waals surface area contributed by atoms with Gasteiger partial charge in [-0.25, -0.2) is 9.18 Å². The van der Waals surface area contributed by atoms with Crippen LogP contribution in [0.15, 0.2) is 24.3 Å². The molecule has 0 aliphatic rings. The highest BCUT2D eigenvalue weighted by atomic mass is 19.1. The summed E-state index contributed by atoms with van der Waals surface area (Å²) in [6.45, 7) is 3.68. The molecule has 0 bridgehead atoms. The van der Waals surface area contributed by atoms with Gasteiger partial charge in [-0.1, -0.05) is 19.1 Å². The van der Waals surface area contributed by atoms with Crippen molar-refractivity contribution in [2.75, 3.05) is 13.1 Å². The van der Waals surface area contributed by atoms with Crippen LogP contribution in [0.5, 0.6) is 0 Å². The van der Waals surface area contributed by atoms with E-state index in [9.17, 15) is 14.0 Å². The highest BCUT2D eigenvalue weighted by Gasteiger charge is 2.20. The summed E-state index contributed by atoms with van der Waals surface area (Å²) in [4.78, 5) is 24.1. The maximum Gasteiger partial charge on any atom is 0.323 e. The van der Waals surface area contributed by atoms with Crippen molar-refractivity contribution < 1.29 is 19.1 Å². The summed E-state index contributed by atoms with van der Waals surface area (Å²) in [7, 11) is 0. The summed E-state index contributed by atoms with van der Waals surface area (Å²) in [5.74, 6) is -1.36. The van der Waals surface area contributed by atoms with E-state index in [0.29, 0.717) is 19.4 Å². The number of amides is 2. The van der Waals surface area contributed by atoms with Crippen molar-refractivity contribution in [1.82, 2.24) is 10.2 Å². The van der Waals surface area contributed by atoms with Crippen LogP contribution in [0.2, 0.25) is 0 Å². The smallest absolute Gasteiger partial charge is 0.323 e. The van der Waals surface area contributed by atoms with Crippen molar-refractivity contribution in [3.8, 4) is 0 Å². The number of benzene rings is 1. The Morgan fingerprint density at radius 3 is 2.71 bits per heavy atom. The third-order valence-electron chi connectivity index (χ3n) is 3.27. The third kappa shape index (κ3) is 5.81. The molecule has 1 atom stereocenters. The average molecular weight is 296 g/mol. The van der Waals surface area contributed by atoms with Crippen LogP contribution in [-0.2, 0) is 11.2 Å². The minimum absolute atomic E-state index is 0.157. The van der Waals surface area contributed by atoms with Gasteiger partial charge in [-0.2, -0.15) is 0 Å². The standard InChI is InChI=1S/C15H21FN2O3/c1-3-11(2)18(10-14(19)20)15(21)17-8-7-12-5-4-6-13(16)9-12/h4-6,9,11H,3,7-8,10H2,1-2H3,(H,17,21)(H,19,20). The van der Waals surface area contributed by atoms with Gasteiger partial charge >= 0.3 is 12.0 Å². The van der Waals surface area contributed by atoms with Crippen LogP contribution in [0.4, 0.5) is 9.18 Å². The molecule has 0 spiro atoms. The number of urea groups is 1. The van der Waals surface area contributed by atoms with E-state index < -0.39 is 12.0 Å². The van der Waals surface area contributed by atoms with Gasteiger partial charge in [0, 0.05) is 12.6 Å². The molecule has 1 unspecified atom stereocenters. The predicted octanol–water partition coefficient (Wildman–Crippen LogP) is 2.26. The highest BCUT2D eigenvalue weighted by Crippen LogP contribution is 2.05. The number of carbonyl (C=O) groups excluding carboxylic acids is 1. The van der Waals surface area contributed by atoms with Crippen LogP contribution < -0.4 is 5.32 Å². The first kappa shape index (κ1) is 16.9. The van der Waals surface area contributed by atoms with Crippen molar-refractivity contribution in [3.63, 3.8) is 0 Å². The van der Waals surface area contributed by atoms with Gasteiger partial charge in [0.25, 0.3) is 0 Å². The second-order valence-electron chi connectivity index (χ2n) is 4.89. The van der Waals surface area contributed by atoms with E-state index in [-0.39, 0.29) is 18.4 Å². The molecule has 5 nitrogen and oxygen atoms in total. The molecule has 1 aromatic carbocycles. The first-order valence-corrected chi connectivity index (χ1v) is 6.94. The molecule has 116 valence electrons.